The Morgan fingerprint density at radius 1 is 1.02 bits per heavy atom. The standard InChI is InChI=1S/C37H62O9/c1-20(2)22(5)10-17-37(9,44)24-12-16-36(8)29(24)25(45-33-32(43)31(42)30(41)26(19-38)46-33)18-27-34(6,14-13-28(39)40)23(21(3)4)11-15-35(27,36)7/h20,23-27,29-33,38,41-44H,3,5,10-19H2,1-2,4,6-9H3,(H,39,40). The minimum atomic E-state index is -1.57. The van der Waals surface area contributed by atoms with Gasteiger partial charge in [0, 0.05) is 6.42 Å². The van der Waals surface area contributed by atoms with Crippen molar-refractivity contribution in [2.75, 3.05) is 6.61 Å². The summed E-state index contributed by atoms with van der Waals surface area (Å²) in [7, 11) is 0. The summed E-state index contributed by atoms with van der Waals surface area (Å²) in [5.74, 6) is -0.616. The fourth-order valence-corrected chi connectivity index (χ4v) is 10.7. The third-order valence-electron chi connectivity index (χ3n) is 13.8. The van der Waals surface area contributed by atoms with E-state index in [1.165, 1.54) is 0 Å². The van der Waals surface area contributed by atoms with E-state index in [-0.39, 0.29) is 40.9 Å². The van der Waals surface area contributed by atoms with Crippen molar-refractivity contribution in [3.63, 3.8) is 0 Å². The maximum Gasteiger partial charge on any atom is 0.303 e. The van der Waals surface area contributed by atoms with E-state index >= 15 is 0 Å². The highest BCUT2D eigenvalue weighted by molar-refractivity contribution is 5.66. The fourth-order valence-electron chi connectivity index (χ4n) is 10.7. The Hall–Kier alpha value is -1.33. The van der Waals surface area contributed by atoms with E-state index in [4.69, 9.17) is 9.47 Å². The number of rotatable bonds is 12. The van der Waals surface area contributed by atoms with Gasteiger partial charge in [-0.25, -0.2) is 0 Å². The van der Waals surface area contributed by atoms with Crippen LogP contribution in [0, 0.1) is 45.8 Å². The van der Waals surface area contributed by atoms with Gasteiger partial charge in [0.25, 0.3) is 0 Å². The molecule has 0 spiro atoms. The van der Waals surface area contributed by atoms with E-state index in [0.29, 0.717) is 31.6 Å². The number of aliphatic hydroxyl groups excluding tert-OH is 4. The van der Waals surface area contributed by atoms with Gasteiger partial charge in [-0.05, 0) is 111 Å². The molecule has 1 aliphatic heterocycles. The molecule has 9 nitrogen and oxygen atoms in total. The van der Waals surface area contributed by atoms with E-state index in [2.05, 4.69) is 47.8 Å². The molecule has 0 radical (unpaired) electrons. The SMILES string of the molecule is C=C(CCC(C)(O)C1CCC2(C)C1C(OC1OC(CO)C(O)C(O)C1O)CC1C(C)(CCC(=O)O)C(C(=C)C)CCC12C)C(C)C. The van der Waals surface area contributed by atoms with E-state index in [1.807, 2.05) is 13.8 Å². The third-order valence-corrected chi connectivity index (χ3v) is 13.8. The topological polar surface area (TPSA) is 157 Å². The highest BCUT2D eigenvalue weighted by atomic mass is 16.7. The Morgan fingerprint density at radius 2 is 1.65 bits per heavy atom. The summed E-state index contributed by atoms with van der Waals surface area (Å²) in [6.07, 6.45) is -1.67. The lowest BCUT2D eigenvalue weighted by Gasteiger charge is -2.68. The molecule has 46 heavy (non-hydrogen) atoms. The zero-order valence-electron chi connectivity index (χ0n) is 29.2. The first-order chi connectivity index (χ1) is 21.2. The number of fused-ring (bicyclic) bond motifs is 3. The molecule has 0 aromatic rings. The molecule has 9 heteroatoms. The smallest absolute Gasteiger partial charge is 0.303 e. The summed E-state index contributed by atoms with van der Waals surface area (Å²) in [6, 6.07) is 0. The lowest BCUT2D eigenvalue weighted by Crippen LogP contribution is -2.65. The van der Waals surface area contributed by atoms with E-state index in [0.717, 1.165) is 36.8 Å². The van der Waals surface area contributed by atoms with Crippen LogP contribution in [0.15, 0.2) is 24.3 Å². The van der Waals surface area contributed by atoms with Crippen molar-refractivity contribution in [3.05, 3.63) is 24.3 Å². The van der Waals surface area contributed by atoms with Crippen LogP contribution in [0.2, 0.25) is 0 Å². The zero-order chi connectivity index (χ0) is 34.6. The molecular weight excluding hydrogens is 588 g/mol. The normalized spacial score (nSPS) is 45.5. The molecule has 264 valence electrons. The maximum atomic E-state index is 12.2. The molecule has 4 rings (SSSR count). The Morgan fingerprint density at radius 3 is 2.22 bits per heavy atom. The van der Waals surface area contributed by atoms with Crippen LogP contribution in [-0.4, -0.2) is 85.6 Å². The van der Waals surface area contributed by atoms with Gasteiger partial charge < -0.3 is 40.1 Å². The Labute approximate surface area is 276 Å². The number of carboxylic acids is 1. The van der Waals surface area contributed by atoms with E-state index in [9.17, 15) is 35.4 Å². The zero-order valence-corrected chi connectivity index (χ0v) is 29.2. The number of carbonyl (C=O) groups is 1. The fraction of sp³-hybridized carbons (Fsp3) is 0.865. The summed E-state index contributed by atoms with van der Waals surface area (Å²) in [4.78, 5) is 11.9. The highest BCUT2D eigenvalue weighted by Gasteiger charge is 2.70. The molecule has 1 saturated heterocycles. The second-order valence-electron chi connectivity index (χ2n) is 16.7. The number of hydrogen-bond acceptors (Lipinski definition) is 8. The van der Waals surface area contributed by atoms with Crippen molar-refractivity contribution in [1.82, 2.24) is 0 Å². The molecule has 6 N–H and O–H groups in total. The molecule has 0 aromatic carbocycles. The molecule has 0 aromatic heterocycles. The van der Waals surface area contributed by atoms with E-state index in [1.54, 1.807) is 0 Å². The lowest BCUT2D eigenvalue weighted by molar-refractivity contribution is -0.332. The molecule has 0 bridgehead atoms. The van der Waals surface area contributed by atoms with Crippen LogP contribution in [0.4, 0.5) is 0 Å². The Kier molecular flexibility index (Phi) is 11.0. The average Bonchev–Trinajstić information content (AvgIpc) is 3.36. The predicted molar refractivity (Wildman–Crippen MR) is 176 cm³/mol. The van der Waals surface area contributed by atoms with Gasteiger partial charge in [-0.2, -0.15) is 0 Å². The van der Waals surface area contributed by atoms with Gasteiger partial charge in [0.2, 0.25) is 0 Å². The molecule has 14 unspecified atom stereocenters. The Balaban J connectivity index is 1.80. The van der Waals surface area contributed by atoms with Crippen molar-refractivity contribution in [2.45, 2.75) is 149 Å². The van der Waals surface area contributed by atoms with Crippen LogP contribution in [0.3, 0.4) is 0 Å². The van der Waals surface area contributed by atoms with Gasteiger partial charge in [0.05, 0.1) is 18.3 Å². The maximum absolute atomic E-state index is 12.2. The minimum absolute atomic E-state index is 0.0374. The van der Waals surface area contributed by atoms with Crippen molar-refractivity contribution >= 4 is 5.97 Å². The molecule has 4 aliphatic rings. The number of hydrogen-bond donors (Lipinski definition) is 6. The van der Waals surface area contributed by atoms with Gasteiger partial charge >= 0.3 is 5.97 Å². The van der Waals surface area contributed by atoms with Gasteiger partial charge in [-0.15, -0.1) is 0 Å². The number of ether oxygens (including phenoxy) is 2. The van der Waals surface area contributed by atoms with E-state index < -0.39 is 60.4 Å². The lowest BCUT2D eigenvalue weighted by atomic mass is 9.37. The van der Waals surface area contributed by atoms with Gasteiger partial charge in [-0.1, -0.05) is 58.9 Å². The van der Waals surface area contributed by atoms with Crippen LogP contribution in [0.1, 0.15) is 106 Å². The molecule has 4 fully saturated rings. The monoisotopic (exact) mass is 650 g/mol. The summed E-state index contributed by atoms with van der Waals surface area (Å²) >= 11 is 0. The number of aliphatic hydroxyl groups is 5. The van der Waals surface area contributed by atoms with Crippen LogP contribution < -0.4 is 0 Å². The van der Waals surface area contributed by atoms with Crippen LogP contribution in [0.5, 0.6) is 0 Å². The molecular formula is C37H62O9. The van der Waals surface area contributed by atoms with Crippen molar-refractivity contribution in [3.8, 4) is 0 Å². The highest BCUT2D eigenvalue weighted by Crippen LogP contribution is 2.74. The van der Waals surface area contributed by atoms with Gasteiger partial charge in [0.1, 0.15) is 24.4 Å². The van der Waals surface area contributed by atoms with Gasteiger partial charge in [-0.3, -0.25) is 4.79 Å². The molecule has 14 atom stereocenters. The third kappa shape index (κ3) is 6.39. The molecule has 3 aliphatic carbocycles. The number of allylic oxidation sites excluding steroid dienone is 2. The quantitative estimate of drug-likeness (QED) is 0.129. The average molecular weight is 651 g/mol. The largest absolute Gasteiger partial charge is 0.481 e. The van der Waals surface area contributed by atoms with Crippen molar-refractivity contribution < 1.29 is 44.9 Å². The first-order valence-corrected chi connectivity index (χ1v) is 17.5. The first-order valence-electron chi connectivity index (χ1n) is 17.5. The summed E-state index contributed by atoms with van der Waals surface area (Å²) in [6.45, 7) is 23.1. The molecule has 1 heterocycles. The first kappa shape index (κ1) is 37.5. The number of carboxylic acid groups (broad SMARTS) is 1. The Bertz CT molecular complexity index is 1130. The second kappa shape index (κ2) is 13.5. The molecule has 3 saturated carbocycles. The van der Waals surface area contributed by atoms with Crippen LogP contribution in [0.25, 0.3) is 0 Å². The molecule has 0 amide bonds. The minimum Gasteiger partial charge on any atom is -0.481 e. The van der Waals surface area contributed by atoms with Crippen LogP contribution >= 0.6 is 0 Å². The predicted octanol–water partition coefficient (Wildman–Crippen LogP) is 4.83. The van der Waals surface area contributed by atoms with Crippen molar-refractivity contribution in [2.24, 2.45) is 45.8 Å². The van der Waals surface area contributed by atoms with Crippen LogP contribution in [-0.2, 0) is 14.3 Å². The summed E-state index contributed by atoms with van der Waals surface area (Å²) < 4.78 is 12.6. The second-order valence-corrected chi connectivity index (χ2v) is 16.7. The van der Waals surface area contributed by atoms with Gasteiger partial charge in [0.15, 0.2) is 6.29 Å². The van der Waals surface area contributed by atoms with Crippen molar-refractivity contribution in [1.29, 1.82) is 0 Å². The summed E-state index contributed by atoms with van der Waals surface area (Å²) in [5, 5.41) is 64.0. The summed E-state index contributed by atoms with van der Waals surface area (Å²) in [5.41, 5.74) is 0.227. The number of aliphatic carboxylic acids is 1.